The number of esters is 3. The number of anilines is 10. The van der Waals surface area contributed by atoms with Gasteiger partial charge in [-0.05, 0) is 164 Å². The molecule has 0 atom stereocenters. The monoisotopic (exact) mass is 2090 g/mol. The molecule has 12 aromatic rings. The minimum absolute atomic E-state index is 0. The standard InChI is InChI=1S/C21H21ClN4O4.C18H16ClN5O4.C16H15BrClNO4.C10H9ClN6O2.C9H14N4O2.C8H7BrClNO3.CH3F.CH4.Na.H2O/c1-4-30-21(28)19-16(22)10-17(25-18-9-13(2)23-12-24-18)20(27)26(19)11-14-5-7-15(29-3)8-6-14;1-28-11-4-2-10(3-5-11)8-24-16(18(26)27)12(19)6-13(17(24)25)23-15-7-14(20)21-9-22-15;1-3-23-16(21)14-13(18)8-12(17)15(20)19(14)9-10-4-6-11(22-2)7-5-10;11-4-1-5(10(19)17-8(4)9(13)18)16-7-2-6(12)14-3-15-7;1-9(2,3)15-8(14)13-7-4-6(10)11-5-12-7;1-2-14-8(13)6-5(10)3-4(9)7(12)11-6;1-2;;;/h5-10,12H,4,11H2,1-3H3,(H,23,24,25);2-7,9H,8H2,1H3,(H,26,27)(H3,20,21,22,23);4-8H,3,9H2,1-2H3;1-3H,(H2,13,18)(H,17,19)(H3,12,14,15,16);4-5H,1-3H3,(H3,10,11,12,13,14);3H,2H2,1H3,(H,11,12);1H3;1H4;;1H2/q;;;;;;;;+1;/p-1/i;;;;;;1D;;;. The number of H-pyrrole nitrogens is 2. The average Bonchev–Trinajstić information content (AvgIpc) is 0.782. The van der Waals surface area contributed by atoms with E-state index in [0.717, 1.165) is 21.4 Å². The van der Waals surface area contributed by atoms with Crippen molar-refractivity contribution in [2.24, 2.45) is 5.73 Å². The number of pyridine rings is 5. The number of nitrogens with one attached hydrogen (secondary N) is 6. The van der Waals surface area contributed by atoms with Gasteiger partial charge in [-0.2, -0.15) is 0 Å². The molecule has 134 heavy (non-hydrogen) atoms. The number of alkyl halides is 1. The van der Waals surface area contributed by atoms with Gasteiger partial charge in [-0.15, -0.1) is 0 Å². The summed E-state index contributed by atoms with van der Waals surface area (Å²) >= 11 is 36.4. The number of benzene rings is 3. The van der Waals surface area contributed by atoms with Crippen LogP contribution in [0, 0.1) is 6.92 Å². The van der Waals surface area contributed by atoms with Gasteiger partial charge >= 0.3 is 59.5 Å². The quantitative estimate of drug-likeness (QED) is 0.0152. The third-order valence-electron chi connectivity index (χ3n) is 16.3. The number of aryl methyl sites for hydroxylation is 1. The zero-order chi connectivity index (χ0) is 97.8. The fraction of sp³-hybridized carbons (Fsp3) is 0.226. The molecule has 0 aliphatic rings. The zero-order valence-corrected chi connectivity index (χ0v) is 81.3. The van der Waals surface area contributed by atoms with Gasteiger partial charge in [0.15, 0.2) is 0 Å². The number of nitrogens with two attached hydrogens (primary N) is 4. The van der Waals surface area contributed by atoms with E-state index in [2.05, 4.69) is 103 Å². The summed E-state index contributed by atoms with van der Waals surface area (Å²) in [5.74, 6) is 0.0679. The van der Waals surface area contributed by atoms with Gasteiger partial charge in [0.25, 0.3) is 33.7 Å². The first-order chi connectivity index (χ1) is 62.6. The Bertz CT molecular complexity index is 6400. The SMILES string of the molecule is C.CC(C)(C)OC(=O)Nc1cc(N)ncn1.CCOC(=O)c1[nH]c(=O)c(Br)cc1Cl.CCOC(=O)c1c(Cl)cc(Br)c(=O)n1Cc1ccc(OC)cc1.CCOC(=O)c1c(Cl)cc(Nc2cc(C)ncn2)c(=O)n1Cc1ccc(OC)cc1.COc1ccc(Cn2c(C(=O)O)c(Cl)cc(Nc3cc(N)ncn3)c2=O)cc1.NC(=O)c1[nH]c(=O)c(Nc2cc(N)ncn2)cc1Cl.[2H]CF.[Na+].[OH-]. The van der Waals surface area contributed by atoms with E-state index in [4.69, 9.17) is 115 Å². The largest absolute Gasteiger partial charge is 1.00 e. The number of primary amides is 1. The van der Waals surface area contributed by atoms with Crippen molar-refractivity contribution in [3.8, 4) is 17.2 Å². The predicted octanol–water partition coefficient (Wildman–Crippen LogP) is 11.1. The van der Waals surface area contributed by atoms with Crippen molar-refractivity contribution < 1.29 is 108 Å². The molecule has 0 unspecified atom stereocenters. The Balaban J connectivity index is 0.000000420. The molecule has 0 spiro atoms. The molecule has 12 rings (SSSR count). The first kappa shape index (κ1) is 113. The summed E-state index contributed by atoms with van der Waals surface area (Å²) in [5.41, 5.74) is 21.6. The van der Waals surface area contributed by atoms with Gasteiger partial charge in [0.2, 0.25) is 0 Å². The third kappa shape index (κ3) is 35.1. The second kappa shape index (κ2) is 56.0. The Morgan fingerprint density at radius 2 is 0.821 bits per heavy atom. The summed E-state index contributed by atoms with van der Waals surface area (Å²) in [6.45, 7) is 13.1. The van der Waals surface area contributed by atoms with Gasteiger partial charge in [-0.3, -0.25) is 52.2 Å². The molecule has 9 aromatic heterocycles. The number of methoxy groups -OCH3 is 3. The minimum Gasteiger partial charge on any atom is -0.870 e. The molecule has 2 amide bonds. The van der Waals surface area contributed by atoms with E-state index in [1.54, 1.807) is 110 Å². The van der Waals surface area contributed by atoms with Crippen LogP contribution in [-0.4, -0.2) is 164 Å². The van der Waals surface area contributed by atoms with Crippen molar-refractivity contribution in [1.82, 2.24) is 63.5 Å². The van der Waals surface area contributed by atoms with E-state index in [1.165, 1.54) is 90.1 Å². The van der Waals surface area contributed by atoms with Crippen molar-refractivity contribution in [2.75, 3.05) is 86.8 Å². The van der Waals surface area contributed by atoms with E-state index in [0.29, 0.717) is 40.3 Å². The molecule has 708 valence electrons. The smallest absolute Gasteiger partial charge is 0.870 e. The number of aromatic carboxylic acids is 1. The average molecular weight is 2090 g/mol. The molecular weight excluding hydrogens is 2000 g/mol. The molecule has 0 aliphatic heterocycles. The van der Waals surface area contributed by atoms with Gasteiger partial charge in [0, 0.05) is 30.0 Å². The maximum Gasteiger partial charge on any atom is 1.00 e. The van der Waals surface area contributed by atoms with E-state index < -0.39 is 70.9 Å². The first-order valence-corrected chi connectivity index (χ1v) is 41.2. The van der Waals surface area contributed by atoms with Crippen LogP contribution in [0.25, 0.3) is 0 Å². The van der Waals surface area contributed by atoms with Gasteiger partial charge in [-0.25, -0.2) is 63.8 Å². The number of hydrogen-bond acceptors (Lipinski definition) is 33. The Hall–Kier alpha value is -13.2. The second-order valence-electron chi connectivity index (χ2n) is 26.7. The number of aromatic amines is 2. The topological polar surface area (TPSA) is 604 Å². The summed E-state index contributed by atoms with van der Waals surface area (Å²) in [4.78, 5) is 167. The van der Waals surface area contributed by atoms with Gasteiger partial charge in [0.1, 0.15) is 134 Å². The number of carboxylic acid groups (broad SMARTS) is 1. The van der Waals surface area contributed by atoms with Crippen molar-refractivity contribution in [1.29, 1.82) is 0 Å². The number of carboxylic acids is 1. The van der Waals surface area contributed by atoms with Crippen LogP contribution in [0.5, 0.6) is 17.2 Å². The van der Waals surface area contributed by atoms with Gasteiger partial charge in [-0.1, -0.05) is 102 Å². The normalized spacial score (nSPS) is 10.2. The van der Waals surface area contributed by atoms with Crippen molar-refractivity contribution in [3.05, 3.63) is 289 Å². The van der Waals surface area contributed by atoms with Gasteiger partial charge in [0.05, 0.1) is 103 Å². The van der Waals surface area contributed by atoms with E-state index in [-0.39, 0.29) is 190 Å². The Morgan fingerprint density at radius 1 is 0.485 bits per heavy atom. The Labute approximate surface area is 828 Å². The summed E-state index contributed by atoms with van der Waals surface area (Å²) < 4.78 is 54.9. The number of rotatable bonds is 24. The number of ether oxygens (including phenoxy) is 7. The molecule has 50 heteroatoms. The molecule has 16 N–H and O–H groups in total. The number of aromatic nitrogens is 13. The summed E-state index contributed by atoms with van der Waals surface area (Å²) in [5, 5.41) is 20.8. The number of halogens is 8. The molecule has 3 aromatic carbocycles. The molecule has 0 fully saturated rings. The van der Waals surface area contributed by atoms with Crippen molar-refractivity contribution in [3.63, 3.8) is 0 Å². The number of hydrogen-bond donors (Lipinski definition) is 11. The summed E-state index contributed by atoms with van der Waals surface area (Å²) in [7, 11) is 3.69. The number of nitrogen functional groups attached to an aromatic ring is 3. The minimum atomic E-state index is -1.31. The van der Waals surface area contributed by atoms with E-state index in [1.807, 2.05) is 31.2 Å². The molecule has 0 aliphatic carbocycles. The zero-order valence-electron chi connectivity index (χ0n) is 73.4. The molecule has 41 nitrogen and oxygen atoms in total. The first-order valence-electron chi connectivity index (χ1n) is 38.4. The Kier molecular flexibility index (Phi) is 47.3. The summed E-state index contributed by atoms with van der Waals surface area (Å²) in [6.07, 6.45) is 4.57. The fourth-order valence-electron chi connectivity index (χ4n) is 10.5. The van der Waals surface area contributed by atoms with Crippen LogP contribution in [0.4, 0.5) is 67.0 Å². The molecular formula is C84H90Br2Cl5FN21NaO20. The van der Waals surface area contributed by atoms with Crippen LogP contribution >= 0.6 is 89.9 Å². The number of carbonyl (C=O) groups is 6. The van der Waals surface area contributed by atoms with Crippen LogP contribution < -0.4 is 116 Å². The van der Waals surface area contributed by atoms with E-state index >= 15 is 0 Å². The van der Waals surface area contributed by atoms with Crippen LogP contribution in [0.3, 0.4) is 0 Å². The number of carbonyl (C=O) groups excluding carboxylic acids is 5. The molecule has 0 radical (unpaired) electrons. The number of amides is 2. The van der Waals surface area contributed by atoms with Crippen LogP contribution in [0.2, 0.25) is 25.1 Å². The molecule has 0 saturated heterocycles. The molecule has 9 heterocycles. The maximum absolute atomic E-state index is 13.2. The third-order valence-corrected chi connectivity index (χ3v) is 18.9. The van der Waals surface area contributed by atoms with Crippen molar-refractivity contribution in [2.45, 2.75) is 81.1 Å². The van der Waals surface area contributed by atoms with Gasteiger partial charge < -0.3 is 92.6 Å². The predicted molar refractivity (Wildman–Crippen MR) is 508 cm³/mol. The molecule has 0 bridgehead atoms. The van der Waals surface area contributed by atoms with Crippen LogP contribution in [0.15, 0.2) is 186 Å². The number of nitrogens with zero attached hydrogens (tertiary/aromatic N) is 11. The van der Waals surface area contributed by atoms with E-state index in [9.17, 15) is 62.2 Å². The second-order valence-corrected chi connectivity index (χ2v) is 30.4. The summed E-state index contributed by atoms with van der Waals surface area (Å²) in [6, 6.07) is 34.0. The Morgan fingerprint density at radius 3 is 1.21 bits per heavy atom. The fourth-order valence-corrected chi connectivity index (χ4v) is 12.9. The molecule has 0 saturated carbocycles. The maximum atomic E-state index is 13.2. The van der Waals surface area contributed by atoms with Crippen molar-refractivity contribution >= 4 is 184 Å². The van der Waals surface area contributed by atoms with Crippen LogP contribution in [0.1, 0.15) is 125 Å². The van der Waals surface area contributed by atoms with Crippen LogP contribution in [-0.2, 0) is 38.6 Å².